The highest BCUT2D eigenvalue weighted by atomic mass is 16.3. The number of hydrogen-bond acceptors (Lipinski definition) is 5. The summed E-state index contributed by atoms with van der Waals surface area (Å²) in [6.45, 7) is 0.947. The van der Waals surface area contributed by atoms with E-state index in [0.29, 0.717) is 24.4 Å². The van der Waals surface area contributed by atoms with Gasteiger partial charge in [0.05, 0.1) is 24.5 Å². The van der Waals surface area contributed by atoms with E-state index in [-0.39, 0.29) is 13.2 Å². The third-order valence-electron chi connectivity index (χ3n) is 2.94. The lowest BCUT2D eigenvalue weighted by molar-refractivity contribution is -0.685. The first-order valence-electron chi connectivity index (χ1n) is 7.17. The molecule has 0 saturated heterocycles. The van der Waals surface area contributed by atoms with Gasteiger partial charge in [-0.3, -0.25) is 0 Å². The summed E-state index contributed by atoms with van der Waals surface area (Å²) in [7, 11) is 0. The summed E-state index contributed by atoms with van der Waals surface area (Å²) in [5.74, 6) is 0.614. The maximum absolute atomic E-state index is 8.99. The molecule has 120 valence electrons. The minimum Gasteiger partial charge on any atom is -0.395 e. The number of aliphatic hydroxyl groups excluding tert-OH is 2. The van der Waals surface area contributed by atoms with Gasteiger partial charge in [-0.25, -0.2) is 4.57 Å². The number of pyridine rings is 2. The second-order valence-electron chi connectivity index (χ2n) is 4.50. The van der Waals surface area contributed by atoms with Crippen LogP contribution in [0.25, 0.3) is 0 Å². The van der Waals surface area contributed by atoms with Crippen molar-refractivity contribution in [2.24, 2.45) is 20.4 Å². The van der Waals surface area contributed by atoms with E-state index in [1.807, 2.05) is 36.7 Å². The van der Waals surface area contributed by atoms with E-state index in [1.165, 1.54) is 6.34 Å². The topological polar surface area (TPSA) is 98.7 Å². The molecule has 0 aliphatic heterocycles. The van der Waals surface area contributed by atoms with Crippen molar-refractivity contribution in [2.45, 2.75) is 13.1 Å². The average molecular weight is 315 g/mol. The number of aliphatic hydroxyl groups is 2. The predicted octanol–water partition coefficient (Wildman–Crippen LogP) is 0.388. The van der Waals surface area contributed by atoms with Crippen LogP contribution in [0.3, 0.4) is 0 Å². The van der Waals surface area contributed by atoms with E-state index >= 15 is 0 Å². The molecule has 2 N–H and O–H groups in total. The summed E-state index contributed by atoms with van der Waals surface area (Å²) < 4.78 is 3.56. The van der Waals surface area contributed by atoms with Gasteiger partial charge in [0.2, 0.25) is 0 Å². The quantitative estimate of drug-likeness (QED) is 0.254. The van der Waals surface area contributed by atoms with Gasteiger partial charge in [-0.2, -0.15) is 0 Å². The Morgan fingerprint density at radius 1 is 1.09 bits per heavy atom. The molecule has 0 radical (unpaired) electrons. The maximum Gasteiger partial charge on any atom is 0.350 e. The molecule has 0 bridgehead atoms. The molecule has 0 unspecified atom stereocenters. The van der Waals surface area contributed by atoms with Crippen LogP contribution in [0.15, 0.2) is 69.2 Å². The summed E-state index contributed by atoms with van der Waals surface area (Å²) in [6, 6.07) is 11.0. The summed E-state index contributed by atoms with van der Waals surface area (Å²) in [4.78, 5) is 0. The van der Waals surface area contributed by atoms with Gasteiger partial charge in [0.25, 0.3) is 0 Å². The molecule has 0 aliphatic carbocycles. The Hall–Kier alpha value is -2.71. The van der Waals surface area contributed by atoms with E-state index in [1.54, 1.807) is 21.3 Å². The van der Waals surface area contributed by atoms with E-state index in [9.17, 15) is 0 Å². The van der Waals surface area contributed by atoms with Crippen LogP contribution in [0.4, 0.5) is 5.82 Å². The van der Waals surface area contributed by atoms with E-state index in [2.05, 4.69) is 20.4 Å². The number of hydrogen-bond donors (Lipinski definition) is 2. The van der Waals surface area contributed by atoms with Gasteiger partial charge in [-0.05, 0) is 23.3 Å². The van der Waals surface area contributed by atoms with E-state index in [4.69, 9.17) is 10.2 Å². The van der Waals surface area contributed by atoms with Crippen molar-refractivity contribution in [1.82, 2.24) is 4.57 Å². The number of nitrogens with zero attached hydrogens (tertiary/aromatic N) is 6. The van der Waals surface area contributed by atoms with Crippen molar-refractivity contribution in [2.75, 3.05) is 13.2 Å². The van der Waals surface area contributed by atoms with Crippen LogP contribution in [-0.4, -0.2) is 34.3 Å². The van der Waals surface area contributed by atoms with Crippen LogP contribution in [0, 0.1) is 0 Å². The number of rotatable bonds is 7. The summed E-state index contributed by atoms with van der Waals surface area (Å²) in [5.41, 5.74) is 0.614. The van der Waals surface area contributed by atoms with Gasteiger partial charge in [0.15, 0.2) is 11.8 Å². The fourth-order valence-electron chi connectivity index (χ4n) is 1.90. The molecule has 2 rings (SSSR count). The molecule has 0 fully saturated rings. The van der Waals surface area contributed by atoms with Crippen LogP contribution in [0.2, 0.25) is 0 Å². The molecule has 2 aromatic rings. The van der Waals surface area contributed by atoms with Crippen molar-refractivity contribution in [3.8, 4) is 0 Å². The fourth-order valence-corrected chi connectivity index (χ4v) is 1.90. The highest BCUT2D eigenvalue weighted by Gasteiger charge is 2.06. The largest absolute Gasteiger partial charge is 0.395 e. The molecule has 0 amide bonds. The van der Waals surface area contributed by atoms with Crippen molar-refractivity contribution >= 4 is 12.2 Å². The minimum atomic E-state index is 0.0273. The van der Waals surface area contributed by atoms with Crippen LogP contribution < -0.4 is 10.1 Å². The Bertz CT molecular complexity index is 738. The molecule has 0 aromatic carbocycles. The molecule has 23 heavy (non-hydrogen) atoms. The zero-order valence-electron chi connectivity index (χ0n) is 12.6. The van der Waals surface area contributed by atoms with Gasteiger partial charge < -0.3 is 14.8 Å². The predicted molar refractivity (Wildman–Crippen MR) is 83.8 cm³/mol. The van der Waals surface area contributed by atoms with Gasteiger partial charge in [0.1, 0.15) is 6.54 Å². The van der Waals surface area contributed by atoms with Gasteiger partial charge in [-0.1, -0.05) is 12.1 Å². The van der Waals surface area contributed by atoms with E-state index < -0.39 is 0 Å². The molecule has 0 aliphatic rings. The molecular weight excluding hydrogens is 296 g/mol. The Labute approximate surface area is 133 Å². The third-order valence-corrected chi connectivity index (χ3v) is 2.94. The third kappa shape index (κ3) is 5.20. The maximum atomic E-state index is 8.99. The van der Waals surface area contributed by atoms with Crippen LogP contribution >= 0.6 is 0 Å². The van der Waals surface area contributed by atoms with Gasteiger partial charge in [-0.15, -0.1) is 10.2 Å². The van der Waals surface area contributed by atoms with Crippen LogP contribution in [-0.2, 0) is 13.1 Å². The molecule has 0 spiro atoms. The lowest BCUT2D eigenvalue weighted by Gasteiger charge is -2.02. The summed E-state index contributed by atoms with van der Waals surface area (Å²) in [5, 5.41) is 33.8. The standard InChI is InChI=1S/C15H19N6O2/c22-11-9-20-7-3-1-5-14(20)18-16-13-17-19-15-6-2-4-8-21(15)10-12-23/h1-8,13,22-23H,9-12H2/q+1. The second-order valence-corrected chi connectivity index (χ2v) is 4.50. The average Bonchev–Trinajstić information content (AvgIpc) is 2.58. The Morgan fingerprint density at radius 3 is 2.78 bits per heavy atom. The molecule has 0 atom stereocenters. The first-order valence-corrected chi connectivity index (χ1v) is 7.17. The lowest BCUT2D eigenvalue weighted by Crippen LogP contribution is -2.35. The summed E-state index contributed by atoms with van der Waals surface area (Å²) in [6.07, 6.45) is 4.87. The molecule has 8 heteroatoms. The van der Waals surface area contributed by atoms with Gasteiger partial charge in [0, 0.05) is 18.8 Å². The lowest BCUT2D eigenvalue weighted by atomic mass is 10.4. The fraction of sp³-hybridized carbons (Fsp3) is 0.267. The minimum absolute atomic E-state index is 0.0273. The Kier molecular flexibility index (Phi) is 6.76. The van der Waals surface area contributed by atoms with Crippen molar-refractivity contribution in [1.29, 1.82) is 0 Å². The molecular formula is C15H19N6O2+. The van der Waals surface area contributed by atoms with Gasteiger partial charge >= 0.3 is 5.82 Å². The first kappa shape index (κ1) is 16.7. The molecule has 2 aromatic heterocycles. The number of azo groups is 1. The molecule has 2 heterocycles. The normalized spacial score (nSPS) is 12.5. The van der Waals surface area contributed by atoms with Crippen molar-refractivity contribution < 1.29 is 14.8 Å². The van der Waals surface area contributed by atoms with E-state index in [0.717, 1.165) is 0 Å². The zero-order chi connectivity index (χ0) is 16.3. The van der Waals surface area contributed by atoms with Crippen LogP contribution in [0.1, 0.15) is 0 Å². The Morgan fingerprint density at radius 2 is 1.96 bits per heavy atom. The molecule has 0 saturated carbocycles. The molecule has 8 nitrogen and oxygen atoms in total. The Balaban J connectivity index is 2.09. The van der Waals surface area contributed by atoms with Crippen molar-refractivity contribution in [3.05, 3.63) is 54.3 Å². The van der Waals surface area contributed by atoms with Crippen LogP contribution in [0.5, 0.6) is 0 Å². The first-order chi connectivity index (χ1) is 11.3. The second kappa shape index (κ2) is 9.34. The smallest absolute Gasteiger partial charge is 0.350 e. The number of aromatic nitrogens is 2. The monoisotopic (exact) mass is 315 g/mol. The summed E-state index contributed by atoms with van der Waals surface area (Å²) >= 11 is 0. The zero-order valence-corrected chi connectivity index (χ0v) is 12.6. The SMILES string of the molecule is OCCn1cccc/c1=N/N=C\N=Nc1cccc[n+]1CCO. The highest BCUT2D eigenvalue weighted by molar-refractivity contribution is 5.54. The van der Waals surface area contributed by atoms with Crippen molar-refractivity contribution in [3.63, 3.8) is 0 Å². The highest BCUT2D eigenvalue weighted by Crippen LogP contribution is 2.03.